The Morgan fingerprint density at radius 1 is 1.35 bits per heavy atom. The summed E-state index contributed by atoms with van der Waals surface area (Å²) in [6, 6.07) is -0.557. The molecule has 23 heavy (non-hydrogen) atoms. The van der Waals surface area contributed by atoms with Crippen LogP contribution in [0.1, 0.15) is 11.5 Å². The second-order valence-corrected chi connectivity index (χ2v) is 7.21. The van der Waals surface area contributed by atoms with E-state index in [1.807, 2.05) is 0 Å². The maximum Gasteiger partial charge on any atom is 0.405 e. The van der Waals surface area contributed by atoms with Gasteiger partial charge in [-0.05, 0) is 19.9 Å². The summed E-state index contributed by atoms with van der Waals surface area (Å²) in [5.41, 5.74) is 0. The number of alkyl halides is 3. The molecule has 0 radical (unpaired) electrons. The van der Waals surface area contributed by atoms with Crippen molar-refractivity contribution in [3.8, 4) is 0 Å². The number of rotatable bonds is 5. The van der Waals surface area contributed by atoms with E-state index in [-0.39, 0.29) is 23.7 Å². The summed E-state index contributed by atoms with van der Waals surface area (Å²) in [6.45, 7) is 3.63. The lowest BCUT2D eigenvalue weighted by Crippen LogP contribution is -2.57. The zero-order valence-corrected chi connectivity index (χ0v) is 13.7. The molecule has 10 heteroatoms. The number of piperazine rings is 1. The number of halogens is 3. The Balaban J connectivity index is 2.12. The largest absolute Gasteiger partial charge is 0.465 e. The topological polar surface area (TPSA) is 74.6 Å². The predicted molar refractivity (Wildman–Crippen MR) is 77.7 cm³/mol. The van der Waals surface area contributed by atoms with E-state index < -0.39 is 28.8 Å². The van der Waals surface area contributed by atoms with E-state index >= 15 is 0 Å². The van der Waals surface area contributed by atoms with Gasteiger partial charge >= 0.3 is 6.18 Å². The standard InChI is InChI=1S/C13H20F3N3O3S/c1-9-7-11(10(2)22-9)23(20,21)18-8-12(13(14,15)16)19-5-3-17-4-6-19/h7,12,17-18H,3-6,8H2,1-2H3. The first-order valence-electron chi connectivity index (χ1n) is 7.19. The summed E-state index contributed by atoms with van der Waals surface area (Å²) in [5.74, 6) is 0.540. The minimum atomic E-state index is -4.51. The van der Waals surface area contributed by atoms with E-state index in [0.29, 0.717) is 18.8 Å². The molecule has 0 aliphatic carbocycles. The second-order valence-electron chi connectivity index (χ2n) is 5.47. The maximum atomic E-state index is 13.3. The number of furan rings is 1. The van der Waals surface area contributed by atoms with Gasteiger partial charge in [0, 0.05) is 32.7 Å². The summed E-state index contributed by atoms with van der Waals surface area (Å²) < 4.78 is 71.4. The van der Waals surface area contributed by atoms with Crippen molar-refractivity contribution in [2.75, 3.05) is 32.7 Å². The molecule has 1 atom stereocenters. The first-order valence-corrected chi connectivity index (χ1v) is 8.68. The van der Waals surface area contributed by atoms with Gasteiger partial charge in [-0.1, -0.05) is 0 Å². The van der Waals surface area contributed by atoms with Gasteiger partial charge in [-0.15, -0.1) is 0 Å². The molecule has 1 fully saturated rings. The number of aryl methyl sites for hydroxylation is 2. The fourth-order valence-corrected chi connectivity index (χ4v) is 3.86. The third-order valence-electron chi connectivity index (χ3n) is 3.72. The van der Waals surface area contributed by atoms with Crippen LogP contribution in [0, 0.1) is 13.8 Å². The monoisotopic (exact) mass is 355 g/mol. The number of sulfonamides is 1. The average molecular weight is 355 g/mol. The van der Waals surface area contributed by atoms with Crippen molar-refractivity contribution in [3.05, 3.63) is 17.6 Å². The summed E-state index contributed by atoms with van der Waals surface area (Å²) in [7, 11) is -4.05. The Bertz CT molecular complexity index is 637. The Labute approximate surface area is 133 Å². The highest BCUT2D eigenvalue weighted by Crippen LogP contribution is 2.26. The molecule has 1 aromatic rings. The van der Waals surface area contributed by atoms with E-state index in [1.165, 1.54) is 17.9 Å². The quantitative estimate of drug-likeness (QED) is 0.825. The molecular weight excluding hydrogens is 335 g/mol. The van der Waals surface area contributed by atoms with Crippen LogP contribution < -0.4 is 10.0 Å². The van der Waals surface area contributed by atoms with Crippen LogP contribution in [0.15, 0.2) is 15.4 Å². The Morgan fingerprint density at radius 2 is 1.96 bits per heavy atom. The van der Waals surface area contributed by atoms with Crippen LogP contribution in [0.5, 0.6) is 0 Å². The SMILES string of the molecule is Cc1cc(S(=O)(=O)NCC(N2CCNCC2)C(F)(F)F)c(C)o1. The smallest absolute Gasteiger partial charge is 0.405 e. The van der Waals surface area contributed by atoms with E-state index in [9.17, 15) is 21.6 Å². The molecule has 1 unspecified atom stereocenters. The summed E-state index contributed by atoms with van der Waals surface area (Å²) in [5, 5.41) is 2.97. The third-order valence-corrected chi connectivity index (χ3v) is 5.25. The van der Waals surface area contributed by atoms with Crippen LogP contribution in [-0.2, 0) is 10.0 Å². The number of hydrogen-bond donors (Lipinski definition) is 2. The van der Waals surface area contributed by atoms with E-state index in [1.54, 1.807) is 6.92 Å². The van der Waals surface area contributed by atoms with Gasteiger partial charge < -0.3 is 9.73 Å². The van der Waals surface area contributed by atoms with Crippen LogP contribution in [0.3, 0.4) is 0 Å². The predicted octanol–water partition coefficient (Wildman–Crippen LogP) is 1.01. The molecule has 0 aromatic carbocycles. The van der Waals surface area contributed by atoms with Gasteiger partial charge in [0.1, 0.15) is 22.5 Å². The zero-order valence-electron chi connectivity index (χ0n) is 12.9. The van der Waals surface area contributed by atoms with Gasteiger partial charge in [0.05, 0.1) is 0 Å². The summed E-state index contributed by atoms with van der Waals surface area (Å²) in [6.07, 6.45) is -4.51. The van der Waals surface area contributed by atoms with Crippen LogP contribution in [0.2, 0.25) is 0 Å². The van der Waals surface area contributed by atoms with Crippen molar-refractivity contribution < 1.29 is 26.0 Å². The fourth-order valence-electron chi connectivity index (χ4n) is 2.59. The van der Waals surface area contributed by atoms with E-state index in [4.69, 9.17) is 4.42 Å². The lowest BCUT2D eigenvalue weighted by Gasteiger charge is -2.35. The molecule has 1 aliphatic heterocycles. The van der Waals surface area contributed by atoms with Crippen LogP contribution >= 0.6 is 0 Å². The van der Waals surface area contributed by atoms with Gasteiger partial charge in [-0.3, -0.25) is 4.90 Å². The highest BCUT2D eigenvalue weighted by atomic mass is 32.2. The van der Waals surface area contributed by atoms with Crippen molar-refractivity contribution in [2.45, 2.75) is 31.0 Å². The molecule has 132 valence electrons. The molecule has 2 rings (SSSR count). The Morgan fingerprint density at radius 3 is 2.43 bits per heavy atom. The zero-order chi connectivity index (χ0) is 17.3. The molecule has 1 aliphatic rings. The van der Waals surface area contributed by atoms with Gasteiger partial charge in [-0.25, -0.2) is 13.1 Å². The lowest BCUT2D eigenvalue weighted by molar-refractivity contribution is -0.182. The summed E-state index contributed by atoms with van der Waals surface area (Å²) in [4.78, 5) is 1.11. The van der Waals surface area contributed by atoms with Crippen molar-refractivity contribution in [2.24, 2.45) is 0 Å². The Hall–Kier alpha value is -1.10. The highest BCUT2D eigenvalue weighted by molar-refractivity contribution is 7.89. The minimum absolute atomic E-state index is 0.128. The maximum absolute atomic E-state index is 13.3. The number of nitrogens with zero attached hydrogens (tertiary/aromatic N) is 1. The molecule has 0 spiro atoms. The van der Waals surface area contributed by atoms with Gasteiger partial charge in [0.25, 0.3) is 0 Å². The first kappa shape index (κ1) is 18.2. The van der Waals surface area contributed by atoms with Crippen LogP contribution in [0.4, 0.5) is 13.2 Å². The molecular formula is C13H20F3N3O3S. The van der Waals surface area contributed by atoms with Crippen molar-refractivity contribution >= 4 is 10.0 Å². The molecule has 0 saturated carbocycles. The van der Waals surface area contributed by atoms with Gasteiger partial charge in [0.15, 0.2) is 0 Å². The van der Waals surface area contributed by atoms with Gasteiger partial charge in [0.2, 0.25) is 10.0 Å². The molecule has 2 heterocycles. The molecule has 1 aromatic heterocycles. The van der Waals surface area contributed by atoms with Crippen molar-refractivity contribution in [1.29, 1.82) is 0 Å². The van der Waals surface area contributed by atoms with E-state index in [0.717, 1.165) is 0 Å². The normalized spacial score (nSPS) is 19.0. The second kappa shape index (κ2) is 6.80. The number of nitrogens with one attached hydrogen (secondary N) is 2. The third kappa shape index (κ3) is 4.46. The molecule has 0 bridgehead atoms. The Kier molecular flexibility index (Phi) is 5.39. The fraction of sp³-hybridized carbons (Fsp3) is 0.692. The molecule has 2 N–H and O–H groups in total. The molecule has 6 nitrogen and oxygen atoms in total. The average Bonchev–Trinajstić information content (AvgIpc) is 2.78. The minimum Gasteiger partial charge on any atom is -0.465 e. The van der Waals surface area contributed by atoms with Crippen molar-refractivity contribution in [1.82, 2.24) is 14.9 Å². The highest BCUT2D eigenvalue weighted by Gasteiger charge is 2.44. The lowest BCUT2D eigenvalue weighted by atomic mass is 10.2. The van der Waals surface area contributed by atoms with Crippen molar-refractivity contribution in [3.63, 3.8) is 0 Å². The van der Waals surface area contributed by atoms with Gasteiger partial charge in [-0.2, -0.15) is 13.2 Å². The summed E-state index contributed by atoms with van der Waals surface area (Å²) >= 11 is 0. The number of hydrogen-bond acceptors (Lipinski definition) is 5. The van der Waals surface area contributed by atoms with Crippen LogP contribution in [0.25, 0.3) is 0 Å². The van der Waals surface area contributed by atoms with E-state index in [2.05, 4.69) is 10.0 Å². The van der Waals surface area contributed by atoms with Crippen LogP contribution in [-0.4, -0.2) is 58.3 Å². The molecule has 0 amide bonds. The first-order chi connectivity index (χ1) is 10.6. The molecule has 1 saturated heterocycles.